The van der Waals surface area contributed by atoms with Crippen LogP contribution >= 0.6 is 52.0 Å². The van der Waals surface area contributed by atoms with Gasteiger partial charge in [0, 0.05) is 9.92 Å². The molecular formula is C17H29Cl2N2O4PS3. The molecule has 1 unspecified atom stereocenters. The van der Waals surface area contributed by atoms with Crippen LogP contribution in [0.4, 0.5) is 0 Å². The minimum absolute atomic E-state index is 0.520. The quantitative estimate of drug-likeness (QED) is 0.132. The molecule has 6 nitrogen and oxygen atoms in total. The number of benzene rings is 1. The Hall–Kier alpha value is 0.460. The van der Waals surface area contributed by atoms with Gasteiger partial charge in [0.25, 0.3) is 0 Å². The van der Waals surface area contributed by atoms with Crippen LogP contribution in [-0.2, 0) is 25.6 Å². The Balaban J connectivity index is 0.000000665. The van der Waals surface area contributed by atoms with Crippen LogP contribution in [0.15, 0.2) is 23.1 Å². The summed E-state index contributed by atoms with van der Waals surface area (Å²) in [6.45, 7) is 5.56. The van der Waals surface area contributed by atoms with E-state index in [0.29, 0.717) is 36.2 Å². The summed E-state index contributed by atoms with van der Waals surface area (Å²) < 4.78 is 11.1. The number of hydrogen-bond donors (Lipinski definition) is 3. The second kappa shape index (κ2) is 17.1. The highest BCUT2D eigenvalue weighted by atomic mass is 35.5. The van der Waals surface area contributed by atoms with E-state index in [2.05, 4.69) is 0 Å². The molecule has 0 amide bonds. The minimum atomic E-state index is -2.23. The summed E-state index contributed by atoms with van der Waals surface area (Å²) in [6, 6.07) is 4.69. The van der Waals surface area contributed by atoms with Crippen LogP contribution in [-0.4, -0.2) is 42.0 Å². The predicted octanol–water partition coefficient (Wildman–Crippen LogP) is 5.60. The van der Waals surface area contributed by atoms with Crippen molar-refractivity contribution in [2.24, 2.45) is 11.5 Å². The molecule has 5 N–H and O–H groups in total. The molecule has 1 aromatic carbocycles. The zero-order valence-electron chi connectivity index (χ0n) is 16.5. The Kier molecular flexibility index (Phi) is 17.3. The number of unbranched alkanes of at least 4 members (excludes halogenated alkanes) is 1. The molecule has 0 spiro atoms. The standard InChI is InChI=1S/C11H15Cl2O2PS3.C6H14N2O2/c1-3-14-16(17,15-4-2)19-8-18-11-7-9(12)5-6-10(11)13;7-4-2-1-3-5(8)6(9)10/h5-7H,3-4,8H2,1-2H3;5H,1-4,7-8H2,(H,9,10). The number of nitrogens with two attached hydrogens (primary N) is 2. The third-order valence-electron chi connectivity index (χ3n) is 3.18. The molecule has 168 valence electrons. The molecule has 0 aliphatic carbocycles. The average Bonchev–Trinajstić information content (AvgIpc) is 2.65. The lowest BCUT2D eigenvalue weighted by Crippen LogP contribution is -2.29. The summed E-state index contributed by atoms with van der Waals surface area (Å²) in [4.78, 5) is 11.1. The fourth-order valence-corrected chi connectivity index (χ4v) is 9.34. The highest BCUT2D eigenvalue weighted by Gasteiger charge is 2.19. The van der Waals surface area contributed by atoms with Crippen molar-refractivity contribution < 1.29 is 18.9 Å². The lowest BCUT2D eigenvalue weighted by atomic mass is 10.1. The molecular weight excluding hydrogens is 494 g/mol. The maximum atomic E-state index is 10.1. The molecule has 0 bridgehead atoms. The number of halogens is 2. The van der Waals surface area contributed by atoms with E-state index in [4.69, 9.17) is 60.6 Å². The van der Waals surface area contributed by atoms with Crippen LogP contribution < -0.4 is 11.5 Å². The third-order valence-corrected chi connectivity index (χ3v) is 11.0. The van der Waals surface area contributed by atoms with Gasteiger partial charge in [-0.1, -0.05) is 41.0 Å². The number of carboxylic acids is 1. The van der Waals surface area contributed by atoms with E-state index >= 15 is 0 Å². The molecule has 0 radical (unpaired) electrons. The summed E-state index contributed by atoms with van der Waals surface area (Å²) in [6.07, 6.45) is 2.16. The first-order valence-electron chi connectivity index (χ1n) is 8.99. The second-order valence-corrected chi connectivity index (χ2v) is 14.0. The van der Waals surface area contributed by atoms with E-state index in [9.17, 15) is 4.79 Å². The maximum Gasteiger partial charge on any atom is 0.320 e. The molecule has 29 heavy (non-hydrogen) atoms. The first kappa shape index (κ1) is 29.5. The van der Waals surface area contributed by atoms with Crippen molar-refractivity contribution in [3.63, 3.8) is 0 Å². The van der Waals surface area contributed by atoms with E-state index in [0.717, 1.165) is 22.8 Å². The van der Waals surface area contributed by atoms with Crippen LogP contribution in [0.5, 0.6) is 0 Å². The van der Waals surface area contributed by atoms with Gasteiger partial charge in [-0.05, 0) is 63.2 Å². The van der Waals surface area contributed by atoms with Crippen molar-refractivity contribution in [2.75, 3.05) is 24.8 Å². The Morgan fingerprint density at radius 3 is 2.41 bits per heavy atom. The van der Waals surface area contributed by atoms with Crippen molar-refractivity contribution in [3.8, 4) is 0 Å². The fourth-order valence-electron chi connectivity index (χ4n) is 1.80. The largest absolute Gasteiger partial charge is 0.480 e. The average molecular weight is 524 g/mol. The molecule has 0 saturated heterocycles. The molecule has 0 heterocycles. The number of carboxylic acid groups (broad SMARTS) is 1. The molecule has 1 atom stereocenters. The van der Waals surface area contributed by atoms with Crippen LogP contribution in [0.25, 0.3) is 0 Å². The first-order valence-corrected chi connectivity index (χ1v) is 15.0. The van der Waals surface area contributed by atoms with Gasteiger partial charge in [0.05, 0.1) is 23.3 Å². The number of hydrogen-bond acceptors (Lipinski definition) is 8. The van der Waals surface area contributed by atoms with Gasteiger partial charge >= 0.3 is 5.97 Å². The third kappa shape index (κ3) is 14.2. The smallest absolute Gasteiger partial charge is 0.320 e. The van der Waals surface area contributed by atoms with Crippen molar-refractivity contribution in [1.82, 2.24) is 0 Å². The lowest BCUT2D eigenvalue weighted by molar-refractivity contribution is -0.138. The summed E-state index contributed by atoms with van der Waals surface area (Å²) >= 11 is 20.6. The highest BCUT2D eigenvalue weighted by molar-refractivity contribution is 8.69. The molecule has 0 saturated carbocycles. The topological polar surface area (TPSA) is 108 Å². The van der Waals surface area contributed by atoms with Gasteiger partial charge in [-0.3, -0.25) is 4.79 Å². The summed E-state index contributed by atoms with van der Waals surface area (Å²) in [5, 5.41) is 10.4. The van der Waals surface area contributed by atoms with Crippen molar-refractivity contribution in [3.05, 3.63) is 28.2 Å². The van der Waals surface area contributed by atoms with E-state index in [1.165, 1.54) is 11.4 Å². The zero-order valence-corrected chi connectivity index (χ0v) is 21.4. The molecule has 0 aliphatic rings. The van der Waals surface area contributed by atoms with Gasteiger partial charge in [0.1, 0.15) is 6.04 Å². The first-order chi connectivity index (χ1) is 13.7. The normalized spacial score (nSPS) is 12.2. The second-order valence-electron chi connectivity index (χ2n) is 5.48. The zero-order chi connectivity index (χ0) is 22.3. The van der Waals surface area contributed by atoms with Gasteiger partial charge in [-0.2, -0.15) is 0 Å². The summed E-state index contributed by atoms with van der Waals surface area (Å²) in [5.41, 5.74) is 8.19. The van der Waals surface area contributed by atoms with Crippen LogP contribution in [0.2, 0.25) is 10.0 Å². The maximum absolute atomic E-state index is 10.1. The number of aliphatic carboxylic acids is 1. The molecule has 12 heteroatoms. The number of rotatable bonds is 13. The number of thioether (sulfide) groups is 1. The van der Waals surface area contributed by atoms with Gasteiger partial charge in [0.15, 0.2) is 0 Å². The Bertz CT molecular complexity index is 649. The molecule has 0 fully saturated rings. The van der Waals surface area contributed by atoms with Gasteiger partial charge in [-0.25, -0.2) is 0 Å². The van der Waals surface area contributed by atoms with E-state index in [1.807, 2.05) is 19.9 Å². The predicted molar refractivity (Wildman–Crippen MR) is 131 cm³/mol. The monoisotopic (exact) mass is 522 g/mol. The van der Waals surface area contributed by atoms with E-state index in [-0.39, 0.29) is 0 Å². The summed E-state index contributed by atoms with van der Waals surface area (Å²) in [5.74, 6) is -0.933. The van der Waals surface area contributed by atoms with Crippen molar-refractivity contribution in [1.29, 1.82) is 0 Å². The molecule has 1 rings (SSSR count). The van der Waals surface area contributed by atoms with Crippen LogP contribution in [0, 0.1) is 0 Å². The van der Waals surface area contributed by atoms with Gasteiger partial charge < -0.3 is 25.6 Å². The Morgan fingerprint density at radius 1 is 1.28 bits per heavy atom. The minimum Gasteiger partial charge on any atom is -0.480 e. The Morgan fingerprint density at radius 2 is 1.90 bits per heavy atom. The van der Waals surface area contributed by atoms with Gasteiger partial charge in [0.2, 0.25) is 5.69 Å². The SMILES string of the molecule is CCOP(=S)(OCC)SCSc1cc(Cl)ccc1Cl.NCCCCC(N)C(=O)O. The van der Waals surface area contributed by atoms with Crippen LogP contribution in [0.1, 0.15) is 33.1 Å². The molecule has 0 aromatic heterocycles. The molecule has 0 aliphatic heterocycles. The summed E-state index contributed by atoms with van der Waals surface area (Å²) in [7, 11) is 0. The van der Waals surface area contributed by atoms with Crippen molar-refractivity contribution >= 4 is 69.8 Å². The number of carbonyl (C=O) groups is 1. The van der Waals surface area contributed by atoms with Gasteiger partial charge in [-0.15, -0.1) is 11.8 Å². The lowest BCUT2D eigenvalue weighted by Gasteiger charge is -2.19. The highest BCUT2D eigenvalue weighted by Crippen LogP contribution is 2.62. The van der Waals surface area contributed by atoms with E-state index in [1.54, 1.807) is 23.9 Å². The Labute approximate surface area is 196 Å². The van der Waals surface area contributed by atoms with Crippen LogP contribution in [0.3, 0.4) is 0 Å². The fraction of sp³-hybridized carbons (Fsp3) is 0.588. The van der Waals surface area contributed by atoms with E-state index < -0.39 is 17.7 Å². The van der Waals surface area contributed by atoms with Crippen molar-refractivity contribution in [2.45, 2.75) is 44.0 Å². The molecule has 1 aromatic rings.